The van der Waals surface area contributed by atoms with Crippen molar-refractivity contribution in [1.82, 2.24) is 0 Å². The Labute approximate surface area is 130 Å². The summed E-state index contributed by atoms with van der Waals surface area (Å²) in [6.07, 6.45) is 4.14. The lowest BCUT2D eigenvalue weighted by Crippen LogP contribution is -2.64. The Morgan fingerprint density at radius 2 is 1.95 bits per heavy atom. The van der Waals surface area contributed by atoms with Crippen LogP contribution in [0, 0.1) is 16.7 Å². The third-order valence-electron chi connectivity index (χ3n) is 5.63. The number of rotatable bonds is 3. The molecule has 0 amide bonds. The number of carbonyl (C=O) groups is 3. The van der Waals surface area contributed by atoms with E-state index < -0.39 is 23.1 Å². The molecule has 2 aliphatic carbocycles. The van der Waals surface area contributed by atoms with Crippen molar-refractivity contribution in [3.8, 4) is 0 Å². The number of hydrogen-bond donors (Lipinski definition) is 1. The molecule has 22 heavy (non-hydrogen) atoms. The van der Waals surface area contributed by atoms with Crippen LogP contribution in [0.4, 0.5) is 0 Å². The monoisotopic (exact) mass is 308 g/mol. The average molecular weight is 308 g/mol. The van der Waals surface area contributed by atoms with Crippen molar-refractivity contribution >= 4 is 18.5 Å². The zero-order valence-corrected chi connectivity index (χ0v) is 13.6. The molecule has 0 radical (unpaired) electrons. The Morgan fingerprint density at radius 3 is 2.45 bits per heavy atom. The van der Waals surface area contributed by atoms with Crippen molar-refractivity contribution in [2.45, 2.75) is 58.7 Å². The van der Waals surface area contributed by atoms with E-state index in [0.717, 1.165) is 12.8 Å². The SMILES string of the molecule is CC(=O)O[C@@H]1C=C(C=O)[C@@](O)(C=O)[C@@]2(C)CCCC(C)(C)C12. The molecule has 0 aromatic carbocycles. The molecular formula is C17H24O5. The summed E-state index contributed by atoms with van der Waals surface area (Å²) < 4.78 is 5.43. The minimum atomic E-state index is -1.84. The zero-order valence-electron chi connectivity index (χ0n) is 13.6. The van der Waals surface area contributed by atoms with Crippen molar-refractivity contribution in [1.29, 1.82) is 0 Å². The van der Waals surface area contributed by atoms with E-state index in [2.05, 4.69) is 13.8 Å². The van der Waals surface area contributed by atoms with Gasteiger partial charge in [-0.15, -0.1) is 0 Å². The molecule has 0 aromatic heterocycles. The molecule has 1 fully saturated rings. The molecule has 5 nitrogen and oxygen atoms in total. The molecule has 0 heterocycles. The van der Waals surface area contributed by atoms with Crippen molar-refractivity contribution < 1.29 is 24.2 Å². The second-order valence-electron chi connectivity index (χ2n) is 7.44. The predicted molar refractivity (Wildman–Crippen MR) is 79.9 cm³/mol. The van der Waals surface area contributed by atoms with E-state index in [0.29, 0.717) is 19.0 Å². The molecule has 2 aliphatic rings. The van der Waals surface area contributed by atoms with Crippen LogP contribution >= 0.6 is 0 Å². The van der Waals surface area contributed by atoms with Crippen LogP contribution in [0.25, 0.3) is 0 Å². The highest BCUT2D eigenvalue weighted by molar-refractivity contribution is 5.88. The highest BCUT2D eigenvalue weighted by atomic mass is 16.5. The van der Waals surface area contributed by atoms with Crippen LogP contribution in [0.1, 0.15) is 47.0 Å². The molecule has 0 spiro atoms. The maximum atomic E-state index is 11.7. The number of esters is 1. The number of carbonyl (C=O) groups excluding carboxylic acids is 3. The summed E-state index contributed by atoms with van der Waals surface area (Å²) in [4.78, 5) is 34.6. The molecular weight excluding hydrogens is 284 g/mol. The van der Waals surface area contributed by atoms with Crippen LogP contribution in [-0.2, 0) is 19.1 Å². The number of aliphatic hydroxyl groups is 1. The summed E-state index contributed by atoms with van der Waals surface area (Å²) in [5.41, 5.74) is -2.92. The highest BCUT2D eigenvalue weighted by Gasteiger charge is 2.64. The molecule has 2 rings (SSSR count). The Balaban J connectivity index is 2.67. The van der Waals surface area contributed by atoms with Crippen LogP contribution in [0.15, 0.2) is 11.6 Å². The van der Waals surface area contributed by atoms with Crippen molar-refractivity contribution in [3.63, 3.8) is 0 Å². The lowest BCUT2D eigenvalue weighted by atomic mass is 9.46. The Kier molecular flexibility index (Phi) is 4.07. The van der Waals surface area contributed by atoms with Gasteiger partial charge < -0.3 is 9.84 Å². The summed E-state index contributed by atoms with van der Waals surface area (Å²) in [6, 6.07) is 0. The largest absolute Gasteiger partial charge is 0.458 e. The molecule has 122 valence electrons. The van der Waals surface area contributed by atoms with Gasteiger partial charge in [0.25, 0.3) is 0 Å². The normalized spacial score (nSPS) is 40.1. The van der Waals surface area contributed by atoms with E-state index in [9.17, 15) is 19.5 Å². The van der Waals surface area contributed by atoms with E-state index in [1.807, 2.05) is 6.92 Å². The average Bonchev–Trinajstić information content (AvgIpc) is 2.40. The van der Waals surface area contributed by atoms with Gasteiger partial charge in [0.2, 0.25) is 0 Å². The first kappa shape index (κ1) is 16.9. The fourth-order valence-electron chi connectivity index (χ4n) is 4.67. The molecule has 1 saturated carbocycles. The van der Waals surface area contributed by atoms with Gasteiger partial charge in [-0.25, -0.2) is 0 Å². The van der Waals surface area contributed by atoms with Crippen LogP contribution < -0.4 is 0 Å². The number of aldehydes is 2. The second kappa shape index (κ2) is 5.30. The molecule has 0 aromatic rings. The van der Waals surface area contributed by atoms with Gasteiger partial charge in [0, 0.05) is 23.8 Å². The Hall–Kier alpha value is -1.49. The maximum absolute atomic E-state index is 11.7. The van der Waals surface area contributed by atoms with Crippen molar-refractivity contribution in [2.75, 3.05) is 0 Å². The van der Waals surface area contributed by atoms with Gasteiger partial charge in [0.1, 0.15) is 12.4 Å². The standard InChI is InChI=1S/C17H24O5/c1-11(20)22-13-8-12(9-18)17(21,10-19)16(4)7-5-6-15(2,3)14(13)16/h8-10,13-14,21H,5-7H2,1-4H3/t13-,14?,16+,17+/m1/s1. The topological polar surface area (TPSA) is 80.7 Å². The zero-order chi connectivity index (χ0) is 16.8. The third-order valence-corrected chi connectivity index (χ3v) is 5.63. The van der Waals surface area contributed by atoms with Gasteiger partial charge in [-0.3, -0.25) is 14.4 Å². The number of fused-ring (bicyclic) bond motifs is 1. The number of ether oxygens (including phenoxy) is 1. The smallest absolute Gasteiger partial charge is 0.303 e. The molecule has 0 aliphatic heterocycles. The van der Waals surface area contributed by atoms with Crippen molar-refractivity contribution in [2.24, 2.45) is 16.7 Å². The van der Waals surface area contributed by atoms with Gasteiger partial charge in [-0.05, 0) is 24.3 Å². The molecule has 1 unspecified atom stereocenters. The lowest BCUT2D eigenvalue weighted by molar-refractivity contribution is -0.186. The minimum absolute atomic E-state index is 0.00907. The van der Waals surface area contributed by atoms with Crippen LogP contribution in [0.5, 0.6) is 0 Å². The summed E-state index contributed by atoms with van der Waals surface area (Å²) in [7, 11) is 0. The Morgan fingerprint density at radius 1 is 1.32 bits per heavy atom. The summed E-state index contributed by atoms with van der Waals surface area (Å²) in [5, 5.41) is 11.0. The van der Waals surface area contributed by atoms with E-state index in [4.69, 9.17) is 4.74 Å². The first-order valence-corrected chi connectivity index (χ1v) is 7.66. The first-order chi connectivity index (χ1) is 10.1. The second-order valence-corrected chi connectivity index (χ2v) is 7.44. The van der Waals surface area contributed by atoms with E-state index in [-0.39, 0.29) is 16.9 Å². The molecule has 4 atom stereocenters. The highest BCUT2D eigenvalue weighted by Crippen LogP contribution is 2.60. The summed E-state index contributed by atoms with van der Waals surface area (Å²) in [5.74, 6) is -0.677. The fourth-order valence-corrected chi connectivity index (χ4v) is 4.67. The fraction of sp³-hybridized carbons (Fsp3) is 0.706. The third kappa shape index (κ3) is 2.22. The maximum Gasteiger partial charge on any atom is 0.303 e. The molecule has 0 bridgehead atoms. The van der Waals surface area contributed by atoms with E-state index >= 15 is 0 Å². The van der Waals surface area contributed by atoms with Crippen molar-refractivity contribution in [3.05, 3.63) is 11.6 Å². The van der Waals surface area contributed by atoms with Crippen LogP contribution in [0.2, 0.25) is 0 Å². The van der Waals surface area contributed by atoms with Gasteiger partial charge in [-0.2, -0.15) is 0 Å². The van der Waals surface area contributed by atoms with E-state index in [1.54, 1.807) is 0 Å². The summed E-state index contributed by atoms with van der Waals surface area (Å²) >= 11 is 0. The van der Waals surface area contributed by atoms with Crippen LogP contribution in [-0.4, -0.2) is 35.4 Å². The van der Waals surface area contributed by atoms with Gasteiger partial charge >= 0.3 is 5.97 Å². The molecule has 5 heteroatoms. The van der Waals surface area contributed by atoms with Gasteiger partial charge in [-0.1, -0.05) is 27.2 Å². The first-order valence-electron chi connectivity index (χ1n) is 7.66. The Bertz CT molecular complexity index is 535. The quantitative estimate of drug-likeness (QED) is 0.635. The minimum Gasteiger partial charge on any atom is -0.458 e. The van der Waals surface area contributed by atoms with Crippen LogP contribution in [0.3, 0.4) is 0 Å². The van der Waals surface area contributed by atoms with E-state index in [1.165, 1.54) is 13.0 Å². The molecule has 0 saturated heterocycles. The van der Waals surface area contributed by atoms with Gasteiger partial charge in [0.05, 0.1) is 0 Å². The lowest BCUT2D eigenvalue weighted by Gasteiger charge is -2.59. The summed E-state index contributed by atoms with van der Waals surface area (Å²) in [6.45, 7) is 7.25. The number of hydrogen-bond acceptors (Lipinski definition) is 5. The predicted octanol–water partition coefficient (Wildman–Crippen LogP) is 1.82. The molecule has 1 N–H and O–H groups in total. The van der Waals surface area contributed by atoms with Gasteiger partial charge in [0.15, 0.2) is 11.9 Å².